The summed E-state index contributed by atoms with van der Waals surface area (Å²) in [6, 6.07) is 8.42. The molecule has 24 heavy (non-hydrogen) atoms. The van der Waals surface area contributed by atoms with Crippen LogP contribution in [0.3, 0.4) is 0 Å². The highest BCUT2D eigenvalue weighted by Gasteiger charge is 2.24. The van der Waals surface area contributed by atoms with Crippen LogP contribution in [0.4, 0.5) is 0 Å². The Morgan fingerprint density at radius 3 is 2.92 bits per heavy atom. The fourth-order valence-electron chi connectivity index (χ4n) is 3.45. The molecular weight excluding hydrogens is 300 g/mol. The van der Waals surface area contributed by atoms with Crippen molar-refractivity contribution < 1.29 is 4.79 Å². The first-order valence-corrected chi connectivity index (χ1v) is 8.68. The molecule has 0 radical (unpaired) electrons. The lowest BCUT2D eigenvalue weighted by Gasteiger charge is -2.27. The summed E-state index contributed by atoms with van der Waals surface area (Å²) < 4.78 is 0. The minimum absolute atomic E-state index is 0.154. The van der Waals surface area contributed by atoms with Crippen molar-refractivity contribution in [1.82, 2.24) is 19.8 Å². The van der Waals surface area contributed by atoms with Crippen molar-refractivity contribution in [1.29, 1.82) is 0 Å². The molecule has 2 aromatic rings. The predicted molar refractivity (Wildman–Crippen MR) is 94.8 cm³/mol. The van der Waals surface area contributed by atoms with E-state index in [4.69, 9.17) is 0 Å². The Morgan fingerprint density at radius 2 is 2.21 bits per heavy atom. The molecule has 2 aromatic heterocycles. The van der Waals surface area contributed by atoms with Crippen molar-refractivity contribution in [3.05, 3.63) is 53.6 Å². The lowest BCUT2D eigenvalue weighted by atomic mass is 10.1. The second-order valence-electron chi connectivity index (χ2n) is 6.63. The number of amides is 1. The van der Waals surface area contributed by atoms with E-state index >= 15 is 0 Å². The molecule has 0 spiro atoms. The molecule has 0 aromatic carbocycles. The molecule has 5 heteroatoms. The fraction of sp³-hybridized carbons (Fsp3) is 0.474. The lowest BCUT2D eigenvalue weighted by Crippen LogP contribution is -2.35. The molecule has 3 rings (SSSR count). The second kappa shape index (κ2) is 7.62. The Balaban J connectivity index is 1.58. The first-order chi connectivity index (χ1) is 11.6. The Morgan fingerprint density at radius 1 is 1.33 bits per heavy atom. The summed E-state index contributed by atoms with van der Waals surface area (Å²) in [7, 11) is 2.16. The van der Waals surface area contributed by atoms with Gasteiger partial charge in [0, 0.05) is 43.8 Å². The molecule has 3 heterocycles. The van der Waals surface area contributed by atoms with Crippen LogP contribution < -0.4 is 0 Å². The normalized spacial score (nSPS) is 18.6. The number of rotatable bonds is 4. The number of nitrogens with one attached hydrogen (secondary N) is 1. The number of aromatic nitrogens is 2. The number of aryl methyl sites for hydroxylation is 1. The van der Waals surface area contributed by atoms with Gasteiger partial charge in [0.1, 0.15) is 0 Å². The summed E-state index contributed by atoms with van der Waals surface area (Å²) in [5.74, 6) is 0.154. The van der Waals surface area contributed by atoms with E-state index in [0.29, 0.717) is 6.04 Å². The van der Waals surface area contributed by atoms with E-state index in [1.807, 2.05) is 42.4 Å². The SMILES string of the molecule is Cc1[nH]ccc1C(=O)N1CCCC(N(C)Cc2ccccn2)CC1. The third kappa shape index (κ3) is 3.85. The first kappa shape index (κ1) is 16.7. The average Bonchev–Trinajstić information content (AvgIpc) is 2.87. The van der Waals surface area contributed by atoms with Crippen LogP contribution in [-0.2, 0) is 6.54 Å². The van der Waals surface area contributed by atoms with Crippen LogP contribution in [-0.4, -0.2) is 51.9 Å². The van der Waals surface area contributed by atoms with Gasteiger partial charge in [-0.2, -0.15) is 0 Å². The molecule has 1 aliphatic heterocycles. The minimum atomic E-state index is 0.154. The number of pyridine rings is 1. The van der Waals surface area contributed by atoms with Crippen LogP contribution in [0.15, 0.2) is 36.7 Å². The van der Waals surface area contributed by atoms with Gasteiger partial charge in [-0.05, 0) is 51.4 Å². The number of carbonyl (C=O) groups excluding carboxylic acids is 1. The smallest absolute Gasteiger partial charge is 0.255 e. The third-order valence-corrected chi connectivity index (χ3v) is 4.93. The molecule has 1 unspecified atom stereocenters. The number of carbonyl (C=O) groups is 1. The molecular formula is C19H26N4O. The Kier molecular flexibility index (Phi) is 5.30. The largest absolute Gasteiger partial charge is 0.365 e. The standard InChI is InChI=1S/C19H26N4O/c1-15-18(8-11-20-15)19(24)23-12-5-7-17(9-13-23)22(2)14-16-6-3-4-10-21-16/h3-4,6,8,10-11,17,20H,5,7,9,12-14H2,1-2H3. The number of hydrogen-bond acceptors (Lipinski definition) is 3. The second-order valence-corrected chi connectivity index (χ2v) is 6.63. The average molecular weight is 326 g/mol. The van der Waals surface area contributed by atoms with Crippen LogP contribution in [0.2, 0.25) is 0 Å². The number of H-pyrrole nitrogens is 1. The van der Waals surface area contributed by atoms with Crippen molar-refractivity contribution in [2.24, 2.45) is 0 Å². The fourth-order valence-corrected chi connectivity index (χ4v) is 3.45. The van der Waals surface area contributed by atoms with Gasteiger partial charge in [-0.1, -0.05) is 6.07 Å². The van der Waals surface area contributed by atoms with Gasteiger partial charge in [0.2, 0.25) is 0 Å². The van der Waals surface area contributed by atoms with Crippen LogP contribution >= 0.6 is 0 Å². The Labute approximate surface area is 143 Å². The Hall–Kier alpha value is -2.14. The molecule has 5 nitrogen and oxygen atoms in total. The lowest BCUT2D eigenvalue weighted by molar-refractivity contribution is 0.0757. The zero-order valence-electron chi connectivity index (χ0n) is 14.5. The predicted octanol–water partition coefficient (Wildman–Crippen LogP) is 2.84. The monoisotopic (exact) mass is 326 g/mol. The van der Waals surface area contributed by atoms with Gasteiger partial charge in [-0.15, -0.1) is 0 Å². The van der Waals surface area contributed by atoms with Gasteiger partial charge in [-0.25, -0.2) is 0 Å². The van der Waals surface area contributed by atoms with Gasteiger partial charge in [0.15, 0.2) is 0 Å². The van der Waals surface area contributed by atoms with Crippen LogP contribution in [0.5, 0.6) is 0 Å². The van der Waals surface area contributed by atoms with E-state index < -0.39 is 0 Å². The van der Waals surface area contributed by atoms with Crippen molar-refractivity contribution in [2.45, 2.75) is 38.8 Å². The number of nitrogens with zero attached hydrogens (tertiary/aromatic N) is 3. The van der Waals surface area contributed by atoms with Crippen molar-refractivity contribution in [3.8, 4) is 0 Å². The summed E-state index contributed by atoms with van der Waals surface area (Å²) in [4.78, 5) is 24.6. The van der Waals surface area contributed by atoms with Gasteiger partial charge >= 0.3 is 0 Å². The molecule has 1 atom stereocenters. The van der Waals surface area contributed by atoms with Crippen LogP contribution in [0.25, 0.3) is 0 Å². The topological polar surface area (TPSA) is 52.2 Å². The van der Waals surface area contributed by atoms with E-state index in [1.165, 1.54) is 0 Å². The highest BCUT2D eigenvalue weighted by Crippen LogP contribution is 2.19. The van der Waals surface area contributed by atoms with Gasteiger partial charge in [0.25, 0.3) is 5.91 Å². The van der Waals surface area contributed by atoms with E-state index in [9.17, 15) is 4.79 Å². The molecule has 1 aliphatic rings. The van der Waals surface area contributed by atoms with Crippen molar-refractivity contribution >= 4 is 5.91 Å². The zero-order chi connectivity index (χ0) is 16.9. The van der Waals surface area contributed by atoms with E-state index in [0.717, 1.165) is 55.8 Å². The summed E-state index contributed by atoms with van der Waals surface area (Å²) in [5, 5.41) is 0. The minimum Gasteiger partial charge on any atom is -0.365 e. The maximum Gasteiger partial charge on any atom is 0.255 e. The number of hydrogen-bond donors (Lipinski definition) is 1. The van der Waals surface area contributed by atoms with Gasteiger partial charge in [-0.3, -0.25) is 14.7 Å². The van der Waals surface area contributed by atoms with E-state index in [-0.39, 0.29) is 5.91 Å². The van der Waals surface area contributed by atoms with Crippen molar-refractivity contribution in [3.63, 3.8) is 0 Å². The molecule has 1 fully saturated rings. The summed E-state index contributed by atoms with van der Waals surface area (Å²) in [6.07, 6.45) is 6.87. The molecule has 0 saturated carbocycles. The van der Waals surface area contributed by atoms with Gasteiger partial charge in [0.05, 0.1) is 11.3 Å². The molecule has 1 amide bonds. The zero-order valence-corrected chi connectivity index (χ0v) is 14.5. The van der Waals surface area contributed by atoms with E-state index in [1.54, 1.807) is 0 Å². The third-order valence-electron chi connectivity index (χ3n) is 4.93. The summed E-state index contributed by atoms with van der Waals surface area (Å²) in [5.41, 5.74) is 2.85. The molecule has 1 saturated heterocycles. The molecule has 1 N–H and O–H groups in total. The highest BCUT2D eigenvalue weighted by atomic mass is 16.2. The first-order valence-electron chi connectivity index (χ1n) is 8.68. The van der Waals surface area contributed by atoms with E-state index in [2.05, 4.69) is 28.0 Å². The molecule has 0 bridgehead atoms. The van der Waals surface area contributed by atoms with Crippen molar-refractivity contribution in [2.75, 3.05) is 20.1 Å². The maximum atomic E-state index is 12.7. The van der Waals surface area contributed by atoms with Crippen LogP contribution in [0.1, 0.15) is 41.0 Å². The summed E-state index contributed by atoms with van der Waals surface area (Å²) >= 11 is 0. The Bertz CT molecular complexity index is 667. The van der Waals surface area contributed by atoms with Gasteiger partial charge < -0.3 is 9.88 Å². The summed E-state index contributed by atoms with van der Waals surface area (Å²) in [6.45, 7) is 4.48. The maximum absolute atomic E-state index is 12.7. The quantitative estimate of drug-likeness (QED) is 0.940. The molecule has 128 valence electrons. The number of likely N-dealkylation sites (tertiary alicyclic amines) is 1. The molecule has 0 aliphatic carbocycles. The van der Waals surface area contributed by atoms with Crippen LogP contribution in [0, 0.1) is 6.92 Å². The number of aromatic amines is 1. The highest BCUT2D eigenvalue weighted by molar-refractivity contribution is 5.95.